The van der Waals surface area contributed by atoms with E-state index in [1.807, 2.05) is 36.4 Å². The van der Waals surface area contributed by atoms with Crippen molar-refractivity contribution in [3.8, 4) is 5.75 Å². The SMILES string of the molecule is COc1ccc(NCC(=O)NCCc2ccccc2C)cc1. The smallest absolute Gasteiger partial charge is 0.239 e. The van der Waals surface area contributed by atoms with E-state index in [2.05, 4.69) is 29.7 Å². The summed E-state index contributed by atoms with van der Waals surface area (Å²) in [4.78, 5) is 11.8. The molecule has 0 radical (unpaired) electrons. The Morgan fingerprint density at radius 2 is 1.82 bits per heavy atom. The molecule has 0 aliphatic carbocycles. The Hall–Kier alpha value is -2.49. The number of aryl methyl sites for hydroxylation is 1. The number of ether oxygens (including phenoxy) is 1. The van der Waals surface area contributed by atoms with Gasteiger partial charge in [0.05, 0.1) is 13.7 Å². The molecule has 2 rings (SSSR count). The summed E-state index contributed by atoms with van der Waals surface area (Å²) in [6.45, 7) is 3.00. The summed E-state index contributed by atoms with van der Waals surface area (Å²) in [6, 6.07) is 15.7. The first-order valence-electron chi connectivity index (χ1n) is 7.38. The third-order valence-electron chi connectivity index (χ3n) is 3.52. The molecule has 0 fully saturated rings. The van der Waals surface area contributed by atoms with Gasteiger partial charge in [0.25, 0.3) is 0 Å². The van der Waals surface area contributed by atoms with Crippen LogP contribution in [0.5, 0.6) is 5.75 Å². The van der Waals surface area contributed by atoms with Crippen LogP contribution < -0.4 is 15.4 Å². The lowest BCUT2D eigenvalue weighted by molar-refractivity contribution is -0.119. The molecule has 0 unspecified atom stereocenters. The van der Waals surface area contributed by atoms with Gasteiger partial charge in [-0.1, -0.05) is 24.3 Å². The van der Waals surface area contributed by atoms with E-state index in [0.29, 0.717) is 6.54 Å². The van der Waals surface area contributed by atoms with Gasteiger partial charge in [-0.3, -0.25) is 4.79 Å². The van der Waals surface area contributed by atoms with Gasteiger partial charge in [-0.2, -0.15) is 0 Å². The summed E-state index contributed by atoms with van der Waals surface area (Å²) in [6.07, 6.45) is 0.848. The molecule has 0 saturated carbocycles. The lowest BCUT2D eigenvalue weighted by Crippen LogP contribution is -2.31. The molecule has 116 valence electrons. The van der Waals surface area contributed by atoms with Crippen LogP contribution in [0.15, 0.2) is 48.5 Å². The normalized spacial score (nSPS) is 10.1. The monoisotopic (exact) mass is 298 g/mol. The van der Waals surface area contributed by atoms with Crippen LogP contribution in [0.2, 0.25) is 0 Å². The number of carbonyl (C=O) groups is 1. The number of methoxy groups -OCH3 is 1. The van der Waals surface area contributed by atoms with E-state index in [0.717, 1.165) is 17.9 Å². The molecule has 22 heavy (non-hydrogen) atoms. The van der Waals surface area contributed by atoms with Crippen LogP contribution in [0.25, 0.3) is 0 Å². The van der Waals surface area contributed by atoms with Gasteiger partial charge < -0.3 is 15.4 Å². The highest BCUT2D eigenvalue weighted by Gasteiger charge is 2.02. The molecule has 0 atom stereocenters. The van der Waals surface area contributed by atoms with Crippen molar-refractivity contribution in [2.45, 2.75) is 13.3 Å². The average molecular weight is 298 g/mol. The minimum atomic E-state index is -0.00981. The van der Waals surface area contributed by atoms with Crippen molar-refractivity contribution in [3.05, 3.63) is 59.7 Å². The van der Waals surface area contributed by atoms with Crippen molar-refractivity contribution in [2.75, 3.05) is 25.5 Å². The van der Waals surface area contributed by atoms with Crippen molar-refractivity contribution in [2.24, 2.45) is 0 Å². The molecule has 0 bridgehead atoms. The molecular weight excluding hydrogens is 276 g/mol. The van der Waals surface area contributed by atoms with Crippen LogP contribution in [0.1, 0.15) is 11.1 Å². The van der Waals surface area contributed by atoms with Crippen LogP contribution >= 0.6 is 0 Å². The predicted molar refractivity (Wildman–Crippen MR) is 89.4 cm³/mol. The molecular formula is C18H22N2O2. The van der Waals surface area contributed by atoms with E-state index in [4.69, 9.17) is 4.74 Å². The third kappa shape index (κ3) is 4.81. The Balaban J connectivity index is 1.70. The molecule has 2 N–H and O–H groups in total. The lowest BCUT2D eigenvalue weighted by atomic mass is 10.1. The zero-order valence-electron chi connectivity index (χ0n) is 13.1. The Bertz CT molecular complexity index is 609. The highest BCUT2D eigenvalue weighted by Crippen LogP contribution is 2.14. The molecule has 4 heteroatoms. The standard InChI is InChI=1S/C18H22N2O2/c1-14-5-3-4-6-15(14)11-12-19-18(21)13-20-16-7-9-17(22-2)10-8-16/h3-10,20H,11-13H2,1-2H3,(H,19,21). The fourth-order valence-corrected chi connectivity index (χ4v) is 2.18. The van der Waals surface area contributed by atoms with Crippen LogP contribution in [0.4, 0.5) is 5.69 Å². The first-order valence-corrected chi connectivity index (χ1v) is 7.38. The molecule has 0 aliphatic heterocycles. The van der Waals surface area contributed by atoms with Gasteiger partial charge in [0.1, 0.15) is 5.75 Å². The van der Waals surface area contributed by atoms with Crippen molar-refractivity contribution in [3.63, 3.8) is 0 Å². The highest BCUT2D eigenvalue weighted by molar-refractivity contribution is 5.80. The van der Waals surface area contributed by atoms with E-state index in [-0.39, 0.29) is 12.5 Å². The topological polar surface area (TPSA) is 50.4 Å². The highest BCUT2D eigenvalue weighted by atomic mass is 16.5. The summed E-state index contributed by atoms with van der Waals surface area (Å²) in [5, 5.41) is 6.01. The second-order valence-electron chi connectivity index (χ2n) is 5.11. The van der Waals surface area contributed by atoms with Crippen molar-refractivity contribution in [1.82, 2.24) is 5.32 Å². The number of carbonyl (C=O) groups excluding carboxylic acids is 1. The summed E-state index contributed by atoms with van der Waals surface area (Å²) in [7, 11) is 1.63. The minimum absolute atomic E-state index is 0.00981. The Morgan fingerprint density at radius 1 is 1.09 bits per heavy atom. The number of benzene rings is 2. The average Bonchev–Trinajstić information content (AvgIpc) is 2.55. The quantitative estimate of drug-likeness (QED) is 0.826. The predicted octanol–water partition coefficient (Wildman–Crippen LogP) is 2.77. The zero-order valence-corrected chi connectivity index (χ0v) is 13.1. The maximum absolute atomic E-state index is 11.8. The second kappa shape index (κ2) is 8.08. The summed E-state index contributed by atoms with van der Waals surface area (Å²) in [5.41, 5.74) is 3.42. The summed E-state index contributed by atoms with van der Waals surface area (Å²) in [5.74, 6) is 0.789. The van der Waals surface area contributed by atoms with E-state index in [1.54, 1.807) is 7.11 Å². The fourth-order valence-electron chi connectivity index (χ4n) is 2.18. The molecule has 0 saturated heterocycles. The number of anilines is 1. The maximum atomic E-state index is 11.8. The molecule has 4 nitrogen and oxygen atoms in total. The first-order chi connectivity index (χ1) is 10.7. The van der Waals surface area contributed by atoms with Gasteiger partial charge >= 0.3 is 0 Å². The molecule has 0 heterocycles. The number of nitrogens with one attached hydrogen (secondary N) is 2. The van der Waals surface area contributed by atoms with Gasteiger partial charge in [-0.15, -0.1) is 0 Å². The van der Waals surface area contributed by atoms with Gasteiger partial charge in [-0.25, -0.2) is 0 Å². The van der Waals surface area contributed by atoms with Crippen LogP contribution in [0, 0.1) is 6.92 Å². The van der Waals surface area contributed by atoms with E-state index < -0.39 is 0 Å². The first kappa shape index (κ1) is 15.9. The third-order valence-corrected chi connectivity index (χ3v) is 3.52. The van der Waals surface area contributed by atoms with Crippen LogP contribution in [-0.2, 0) is 11.2 Å². The molecule has 1 amide bonds. The Morgan fingerprint density at radius 3 is 2.50 bits per heavy atom. The fraction of sp³-hybridized carbons (Fsp3) is 0.278. The summed E-state index contributed by atoms with van der Waals surface area (Å²) < 4.78 is 5.09. The van der Waals surface area contributed by atoms with Gasteiger partial charge in [0, 0.05) is 12.2 Å². The number of hydrogen-bond acceptors (Lipinski definition) is 3. The molecule has 2 aromatic rings. The lowest BCUT2D eigenvalue weighted by Gasteiger charge is -2.09. The summed E-state index contributed by atoms with van der Waals surface area (Å²) >= 11 is 0. The van der Waals surface area contributed by atoms with Gasteiger partial charge in [-0.05, 0) is 48.7 Å². The van der Waals surface area contributed by atoms with Crippen LogP contribution in [0.3, 0.4) is 0 Å². The Kier molecular flexibility index (Phi) is 5.83. The number of amides is 1. The van der Waals surface area contributed by atoms with E-state index in [1.165, 1.54) is 11.1 Å². The number of rotatable bonds is 7. The van der Waals surface area contributed by atoms with Crippen LogP contribution in [-0.4, -0.2) is 26.1 Å². The van der Waals surface area contributed by atoms with Crippen molar-refractivity contribution < 1.29 is 9.53 Å². The molecule has 2 aromatic carbocycles. The van der Waals surface area contributed by atoms with Gasteiger partial charge in [0.15, 0.2) is 0 Å². The van der Waals surface area contributed by atoms with Crippen molar-refractivity contribution in [1.29, 1.82) is 0 Å². The molecule has 0 aromatic heterocycles. The van der Waals surface area contributed by atoms with E-state index in [9.17, 15) is 4.79 Å². The molecule has 0 aliphatic rings. The minimum Gasteiger partial charge on any atom is -0.497 e. The van der Waals surface area contributed by atoms with Gasteiger partial charge in [0.2, 0.25) is 5.91 Å². The Labute approximate surface area is 131 Å². The zero-order chi connectivity index (χ0) is 15.8. The van der Waals surface area contributed by atoms with Crippen molar-refractivity contribution >= 4 is 11.6 Å². The largest absolute Gasteiger partial charge is 0.497 e. The second-order valence-corrected chi connectivity index (χ2v) is 5.11. The number of hydrogen-bond donors (Lipinski definition) is 2. The molecule has 0 spiro atoms. The van der Waals surface area contributed by atoms with E-state index >= 15 is 0 Å². The maximum Gasteiger partial charge on any atom is 0.239 e.